The van der Waals surface area contributed by atoms with Crippen LogP contribution in [-0.4, -0.2) is 10.7 Å². The van der Waals surface area contributed by atoms with Crippen LogP contribution in [0.15, 0.2) is 12.1 Å². The second-order valence-corrected chi connectivity index (χ2v) is 5.79. The van der Waals surface area contributed by atoms with Crippen molar-refractivity contribution in [1.29, 1.82) is 0 Å². The van der Waals surface area contributed by atoms with E-state index in [9.17, 15) is 5.11 Å². The smallest absolute Gasteiger partial charge is 0.0931 e. The highest BCUT2D eigenvalue weighted by atomic mass is 35.5. The molecule has 1 heterocycles. The number of thiophene rings is 1. The normalized spacial score (nSPS) is 15.9. The molecule has 0 aromatic carbocycles. The summed E-state index contributed by atoms with van der Waals surface area (Å²) in [5, 5.41) is 10.3. The van der Waals surface area contributed by atoms with Crippen molar-refractivity contribution in [3.63, 3.8) is 0 Å². The first kappa shape index (κ1) is 12.0. The largest absolute Gasteiger partial charge is 0.389 e. The molecule has 1 rings (SSSR count). The second-order valence-electron chi connectivity index (χ2n) is 3.99. The lowest BCUT2D eigenvalue weighted by atomic mass is 9.84. The van der Waals surface area contributed by atoms with E-state index in [0.717, 1.165) is 15.6 Å². The Bertz CT molecular complexity index is 295. The fraction of sp³-hybridized carbons (Fsp3) is 0.636. The van der Waals surface area contributed by atoms with Gasteiger partial charge in [-0.2, -0.15) is 0 Å². The topological polar surface area (TPSA) is 20.2 Å². The van der Waals surface area contributed by atoms with Crippen LogP contribution in [0.4, 0.5) is 0 Å². The van der Waals surface area contributed by atoms with E-state index in [4.69, 9.17) is 11.6 Å². The van der Waals surface area contributed by atoms with Crippen LogP contribution in [0.3, 0.4) is 0 Å². The van der Waals surface area contributed by atoms with Crippen LogP contribution >= 0.6 is 22.9 Å². The third kappa shape index (κ3) is 2.72. The first-order valence-electron chi connectivity index (χ1n) is 4.94. The molecule has 1 atom stereocenters. The van der Waals surface area contributed by atoms with Gasteiger partial charge < -0.3 is 5.11 Å². The SMILES string of the molecule is CCC(O)(Cc1ccc(Cl)s1)C(C)C. The number of halogens is 1. The molecule has 0 spiro atoms. The molecule has 0 aliphatic heterocycles. The van der Waals surface area contributed by atoms with Gasteiger partial charge in [0.2, 0.25) is 0 Å². The van der Waals surface area contributed by atoms with Gasteiger partial charge >= 0.3 is 0 Å². The van der Waals surface area contributed by atoms with Crippen LogP contribution in [0.5, 0.6) is 0 Å². The van der Waals surface area contributed by atoms with Crippen molar-refractivity contribution >= 4 is 22.9 Å². The van der Waals surface area contributed by atoms with Crippen molar-refractivity contribution in [2.45, 2.75) is 39.2 Å². The monoisotopic (exact) mass is 232 g/mol. The predicted octanol–water partition coefficient (Wildman–Crippen LogP) is 3.74. The maximum absolute atomic E-state index is 10.3. The summed E-state index contributed by atoms with van der Waals surface area (Å²) in [5.74, 6) is 0.272. The third-order valence-corrected chi connectivity index (χ3v) is 4.03. The molecule has 1 aromatic heterocycles. The Morgan fingerprint density at radius 2 is 2.14 bits per heavy atom. The van der Waals surface area contributed by atoms with Crippen LogP contribution in [-0.2, 0) is 6.42 Å². The van der Waals surface area contributed by atoms with Gasteiger partial charge in [0, 0.05) is 11.3 Å². The molecule has 1 aromatic rings. The van der Waals surface area contributed by atoms with Gasteiger partial charge in [-0.1, -0.05) is 32.4 Å². The fourth-order valence-corrected chi connectivity index (χ4v) is 2.69. The van der Waals surface area contributed by atoms with E-state index in [-0.39, 0.29) is 5.92 Å². The molecule has 0 saturated heterocycles. The van der Waals surface area contributed by atoms with E-state index < -0.39 is 5.60 Å². The lowest BCUT2D eigenvalue weighted by Gasteiger charge is -2.30. The van der Waals surface area contributed by atoms with Crippen molar-refractivity contribution < 1.29 is 5.11 Å². The molecule has 0 saturated carbocycles. The molecule has 0 radical (unpaired) electrons. The average molecular weight is 233 g/mol. The Labute approximate surface area is 94.7 Å². The van der Waals surface area contributed by atoms with E-state index in [1.807, 2.05) is 19.1 Å². The predicted molar refractivity (Wildman–Crippen MR) is 63.1 cm³/mol. The van der Waals surface area contributed by atoms with Gasteiger partial charge in [-0.15, -0.1) is 11.3 Å². The number of hydrogen-bond donors (Lipinski definition) is 1. The van der Waals surface area contributed by atoms with Crippen molar-refractivity contribution in [3.8, 4) is 0 Å². The highest BCUT2D eigenvalue weighted by molar-refractivity contribution is 7.16. The first-order valence-corrected chi connectivity index (χ1v) is 6.14. The standard InChI is InChI=1S/C11H17ClOS/c1-4-11(13,8(2)3)7-9-5-6-10(12)14-9/h5-6,8,13H,4,7H2,1-3H3. The summed E-state index contributed by atoms with van der Waals surface area (Å²) in [6.07, 6.45) is 1.48. The second kappa shape index (κ2) is 4.65. The molecule has 1 unspecified atom stereocenters. The Kier molecular flexibility index (Phi) is 3.99. The van der Waals surface area contributed by atoms with Crippen LogP contribution in [0, 0.1) is 5.92 Å². The van der Waals surface area contributed by atoms with Crippen LogP contribution < -0.4 is 0 Å². The van der Waals surface area contributed by atoms with Crippen molar-refractivity contribution in [3.05, 3.63) is 21.3 Å². The maximum Gasteiger partial charge on any atom is 0.0931 e. The maximum atomic E-state index is 10.3. The van der Waals surface area contributed by atoms with E-state index in [2.05, 4.69) is 13.8 Å². The van der Waals surface area contributed by atoms with E-state index >= 15 is 0 Å². The minimum absolute atomic E-state index is 0.272. The number of rotatable bonds is 4. The van der Waals surface area contributed by atoms with Crippen molar-refractivity contribution in [2.75, 3.05) is 0 Å². The highest BCUT2D eigenvalue weighted by Gasteiger charge is 2.29. The molecule has 0 fully saturated rings. The minimum atomic E-state index is -0.589. The Balaban J connectivity index is 2.75. The van der Waals surface area contributed by atoms with Crippen molar-refractivity contribution in [1.82, 2.24) is 0 Å². The van der Waals surface area contributed by atoms with E-state index in [1.165, 1.54) is 0 Å². The van der Waals surface area contributed by atoms with Gasteiger partial charge in [0.05, 0.1) is 9.94 Å². The number of hydrogen-bond acceptors (Lipinski definition) is 2. The number of aliphatic hydroxyl groups is 1. The Hall–Kier alpha value is -0.0500. The molecule has 1 nitrogen and oxygen atoms in total. The lowest BCUT2D eigenvalue weighted by Crippen LogP contribution is -2.36. The van der Waals surface area contributed by atoms with Gasteiger partial charge in [-0.3, -0.25) is 0 Å². The lowest BCUT2D eigenvalue weighted by molar-refractivity contribution is -0.00758. The van der Waals surface area contributed by atoms with Crippen LogP contribution in [0.25, 0.3) is 0 Å². The molecule has 0 aliphatic carbocycles. The highest BCUT2D eigenvalue weighted by Crippen LogP contribution is 2.30. The van der Waals surface area contributed by atoms with Gasteiger partial charge in [0.25, 0.3) is 0 Å². The fourth-order valence-electron chi connectivity index (χ4n) is 1.49. The molecule has 0 bridgehead atoms. The molecule has 1 N–H and O–H groups in total. The molecular weight excluding hydrogens is 216 g/mol. The quantitative estimate of drug-likeness (QED) is 0.839. The molecular formula is C11H17ClOS. The summed E-state index contributed by atoms with van der Waals surface area (Å²) in [7, 11) is 0. The minimum Gasteiger partial charge on any atom is -0.389 e. The third-order valence-electron chi connectivity index (χ3n) is 2.80. The summed E-state index contributed by atoms with van der Waals surface area (Å²) < 4.78 is 0.794. The zero-order valence-electron chi connectivity index (χ0n) is 8.88. The Morgan fingerprint density at radius 3 is 2.50 bits per heavy atom. The van der Waals surface area contributed by atoms with Crippen molar-refractivity contribution in [2.24, 2.45) is 5.92 Å². The molecule has 80 valence electrons. The van der Waals surface area contributed by atoms with Gasteiger partial charge in [-0.25, -0.2) is 0 Å². The summed E-state index contributed by atoms with van der Waals surface area (Å²) in [4.78, 5) is 1.16. The molecule has 14 heavy (non-hydrogen) atoms. The molecule has 0 aliphatic rings. The van der Waals surface area contributed by atoms with Gasteiger partial charge in [0.15, 0.2) is 0 Å². The van der Waals surface area contributed by atoms with E-state index in [1.54, 1.807) is 11.3 Å². The zero-order chi connectivity index (χ0) is 10.8. The van der Waals surface area contributed by atoms with E-state index in [0.29, 0.717) is 6.42 Å². The summed E-state index contributed by atoms with van der Waals surface area (Å²) in [6.45, 7) is 6.13. The summed E-state index contributed by atoms with van der Waals surface area (Å²) in [5.41, 5.74) is -0.589. The van der Waals surface area contributed by atoms with Crippen LogP contribution in [0.2, 0.25) is 4.34 Å². The molecule has 0 amide bonds. The zero-order valence-corrected chi connectivity index (χ0v) is 10.5. The summed E-state index contributed by atoms with van der Waals surface area (Å²) in [6, 6.07) is 3.88. The van der Waals surface area contributed by atoms with Gasteiger partial charge in [-0.05, 0) is 24.5 Å². The Morgan fingerprint density at radius 1 is 1.50 bits per heavy atom. The summed E-state index contributed by atoms with van der Waals surface area (Å²) >= 11 is 7.40. The first-order chi connectivity index (χ1) is 6.48. The average Bonchev–Trinajstić information content (AvgIpc) is 2.50. The van der Waals surface area contributed by atoms with Gasteiger partial charge in [0.1, 0.15) is 0 Å². The molecule has 3 heteroatoms. The van der Waals surface area contributed by atoms with Crippen LogP contribution in [0.1, 0.15) is 32.1 Å².